The van der Waals surface area contributed by atoms with E-state index in [4.69, 9.17) is 16.6 Å². The lowest BCUT2D eigenvalue weighted by Gasteiger charge is -2.33. The number of likely N-dealkylation sites (N-methyl/N-ethyl adjacent to an activating group) is 1. The molecule has 1 aromatic heterocycles. The number of hydrogen-bond acceptors (Lipinski definition) is 6. The maximum atomic E-state index is 13.8. The highest BCUT2D eigenvalue weighted by Gasteiger charge is 2.35. The number of hydrogen-bond donors (Lipinski definition) is 0. The van der Waals surface area contributed by atoms with Gasteiger partial charge in [-0.05, 0) is 74.3 Å². The Morgan fingerprint density at radius 2 is 1.73 bits per heavy atom. The number of nitrogens with zero attached hydrogens (tertiary/aromatic N) is 4. The third kappa shape index (κ3) is 6.34. The molecule has 0 spiro atoms. The summed E-state index contributed by atoms with van der Waals surface area (Å²) < 4.78 is 28.8. The molecule has 3 aromatic rings. The molecule has 1 saturated heterocycles. The van der Waals surface area contributed by atoms with Crippen molar-refractivity contribution in [3.63, 3.8) is 0 Å². The molecule has 2 heterocycles. The summed E-state index contributed by atoms with van der Waals surface area (Å²) >= 11 is 7.48. The Balaban J connectivity index is 1.52. The van der Waals surface area contributed by atoms with Crippen molar-refractivity contribution in [2.24, 2.45) is 5.92 Å². The molecule has 0 saturated carbocycles. The number of halogens is 1. The molecule has 0 unspecified atom stereocenters. The van der Waals surface area contributed by atoms with E-state index in [0.717, 1.165) is 41.4 Å². The van der Waals surface area contributed by atoms with Crippen molar-refractivity contribution in [3.05, 3.63) is 53.1 Å². The standard InChI is InChI=1S/C27H35ClN4O3S2/c1-4-20-7-12-24-25(19-20)36-27(29-24)32(18-17-30(5-2)6-3)26(33)21-13-15-31(16-14-21)37(34,35)23-10-8-22(28)9-11-23/h7-12,19,21H,4-6,13-18H2,1-3H3. The molecule has 1 fully saturated rings. The summed E-state index contributed by atoms with van der Waals surface area (Å²) in [4.78, 5) is 23.0. The van der Waals surface area contributed by atoms with Crippen LogP contribution in [0.4, 0.5) is 5.13 Å². The van der Waals surface area contributed by atoms with Gasteiger partial charge in [-0.1, -0.05) is 49.8 Å². The molecule has 1 amide bonds. The molecule has 7 nitrogen and oxygen atoms in total. The summed E-state index contributed by atoms with van der Waals surface area (Å²) in [5.74, 6) is -0.211. The number of aryl methyl sites for hydroxylation is 1. The summed E-state index contributed by atoms with van der Waals surface area (Å²) in [5.41, 5.74) is 2.15. The normalized spacial score (nSPS) is 15.5. The van der Waals surface area contributed by atoms with Crippen LogP contribution in [0.1, 0.15) is 39.2 Å². The highest BCUT2D eigenvalue weighted by Crippen LogP contribution is 2.33. The molecule has 4 rings (SSSR count). The first-order chi connectivity index (χ1) is 17.8. The zero-order valence-corrected chi connectivity index (χ0v) is 24.1. The molecule has 0 atom stereocenters. The minimum Gasteiger partial charge on any atom is -0.302 e. The summed E-state index contributed by atoms with van der Waals surface area (Å²) in [6.07, 6.45) is 1.92. The number of rotatable bonds is 10. The fourth-order valence-corrected chi connectivity index (χ4v) is 7.35. The molecule has 1 aliphatic heterocycles. The van der Waals surface area contributed by atoms with Gasteiger partial charge in [0.15, 0.2) is 5.13 Å². The summed E-state index contributed by atoms with van der Waals surface area (Å²) in [6, 6.07) is 12.5. The number of piperidine rings is 1. The molecule has 0 N–H and O–H groups in total. The van der Waals surface area contributed by atoms with E-state index in [-0.39, 0.29) is 16.7 Å². The second-order valence-electron chi connectivity index (χ2n) is 9.30. The average Bonchev–Trinajstić information content (AvgIpc) is 3.34. The SMILES string of the molecule is CCc1ccc2nc(N(CCN(CC)CC)C(=O)C3CCN(S(=O)(=O)c4ccc(Cl)cc4)CC3)sc2c1. The van der Waals surface area contributed by atoms with Crippen LogP contribution in [-0.4, -0.2) is 67.8 Å². The largest absolute Gasteiger partial charge is 0.302 e. The van der Waals surface area contributed by atoms with Crippen molar-refractivity contribution in [2.45, 2.75) is 44.9 Å². The zero-order chi connectivity index (χ0) is 26.6. The van der Waals surface area contributed by atoms with Crippen LogP contribution < -0.4 is 4.90 Å². The first-order valence-corrected chi connectivity index (χ1v) is 15.6. The molecule has 2 aromatic carbocycles. The van der Waals surface area contributed by atoms with E-state index in [1.807, 2.05) is 11.0 Å². The fourth-order valence-electron chi connectivity index (χ4n) is 4.69. The fraction of sp³-hybridized carbons (Fsp3) is 0.481. The molecule has 0 radical (unpaired) electrons. The third-order valence-electron chi connectivity index (χ3n) is 7.14. The molecule has 37 heavy (non-hydrogen) atoms. The predicted molar refractivity (Wildman–Crippen MR) is 152 cm³/mol. The number of anilines is 1. The Kier molecular flexibility index (Phi) is 9.24. The van der Waals surface area contributed by atoms with Crippen molar-refractivity contribution >= 4 is 54.2 Å². The number of sulfonamides is 1. The maximum Gasteiger partial charge on any atom is 0.243 e. The first-order valence-electron chi connectivity index (χ1n) is 13.0. The van der Waals surface area contributed by atoms with Crippen LogP contribution in [0.5, 0.6) is 0 Å². The molecular weight excluding hydrogens is 528 g/mol. The van der Waals surface area contributed by atoms with Crippen molar-refractivity contribution in [1.82, 2.24) is 14.2 Å². The van der Waals surface area contributed by atoms with Gasteiger partial charge in [-0.25, -0.2) is 13.4 Å². The predicted octanol–water partition coefficient (Wildman–Crippen LogP) is 5.29. The number of fused-ring (bicyclic) bond motifs is 1. The number of carbonyl (C=O) groups excluding carboxylic acids is 1. The zero-order valence-electron chi connectivity index (χ0n) is 21.7. The monoisotopic (exact) mass is 562 g/mol. The second kappa shape index (κ2) is 12.2. The molecule has 0 aliphatic carbocycles. The highest BCUT2D eigenvalue weighted by atomic mass is 35.5. The summed E-state index contributed by atoms with van der Waals surface area (Å²) in [6.45, 7) is 10.1. The lowest BCUT2D eigenvalue weighted by Crippen LogP contribution is -2.46. The number of aromatic nitrogens is 1. The van der Waals surface area contributed by atoms with Gasteiger partial charge in [0, 0.05) is 37.1 Å². The summed E-state index contributed by atoms with van der Waals surface area (Å²) in [7, 11) is -3.62. The second-order valence-corrected chi connectivity index (χ2v) is 12.7. The van der Waals surface area contributed by atoms with Crippen LogP contribution in [0.15, 0.2) is 47.4 Å². The highest BCUT2D eigenvalue weighted by molar-refractivity contribution is 7.89. The quantitative estimate of drug-likeness (QED) is 0.336. The average molecular weight is 563 g/mol. The minimum atomic E-state index is -3.62. The van der Waals surface area contributed by atoms with Gasteiger partial charge >= 0.3 is 0 Å². The topological polar surface area (TPSA) is 73.8 Å². The maximum absolute atomic E-state index is 13.8. The number of amides is 1. The van der Waals surface area contributed by atoms with E-state index in [9.17, 15) is 13.2 Å². The van der Waals surface area contributed by atoms with Crippen molar-refractivity contribution in [3.8, 4) is 0 Å². The van der Waals surface area contributed by atoms with E-state index >= 15 is 0 Å². The Bertz CT molecular complexity index is 1320. The van der Waals surface area contributed by atoms with Gasteiger partial charge < -0.3 is 4.90 Å². The van der Waals surface area contributed by atoms with Crippen LogP contribution in [0.2, 0.25) is 5.02 Å². The molecule has 0 bridgehead atoms. The molecule has 200 valence electrons. The number of carbonyl (C=O) groups is 1. The Morgan fingerprint density at radius 1 is 1.05 bits per heavy atom. The molecular formula is C27H35ClN4O3S2. The van der Waals surface area contributed by atoms with Crippen LogP contribution >= 0.6 is 22.9 Å². The van der Waals surface area contributed by atoms with Gasteiger partial charge in [0.2, 0.25) is 15.9 Å². The minimum absolute atomic E-state index is 0.0328. The van der Waals surface area contributed by atoms with Crippen molar-refractivity contribution in [1.29, 1.82) is 0 Å². The van der Waals surface area contributed by atoms with Gasteiger partial charge in [-0.2, -0.15) is 4.31 Å². The first kappa shape index (κ1) is 28.0. The van der Waals surface area contributed by atoms with Crippen molar-refractivity contribution in [2.75, 3.05) is 44.2 Å². The van der Waals surface area contributed by atoms with Crippen LogP contribution in [-0.2, 0) is 21.2 Å². The van der Waals surface area contributed by atoms with Gasteiger partial charge in [0.05, 0.1) is 15.1 Å². The number of thiazole rings is 1. The van der Waals surface area contributed by atoms with Crippen LogP contribution in [0.3, 0.4) is 0 Å². The van der Waals surface area contributed by atoms with E-state index in [0.29, 0.717) is 37.5 Å². The Hall–Kier alpha value is -2.04. The lowest BCUT2D eigenvalue weighted by atomic mass is 9.96. The van der Waals surface area contributed by atoms with Crippen LogP contribution in [0, 0.1) is 5.92 Å². The van der Waals surface area contributed by atoms with Crippen LogP contribution in [0.25, 0.3) is 10.2 Å². The van der Waals surface area contributed by atoms with E-state index in [1.54, 1.807) is 23.5 Å². The lowest BCUT2D eigenvalue weighted by molar-refractivity contribution is -0.123. The van der Waals surface area contributed by atoms with Gasteiger partial charge in [-0.15, -0.1) is 0 Å². The van der Waals surface area contributed by atoms with E-state index < -0.39 is 10.0 Å². The van der Waals surface area contributed by atoms with Gasteiger partial charge in [0.1, 0.15) is 0 Å². The number of benzene rings is 2. The smallest absolute Gasteiger partial charge is 0.243 e. The Labute approximate surface area is 229 Å². The molecule has 10 heteroatoms. The van der Waals surface area contributed by atoms with Crippen molar-refractivity contribution < 1.29 is 13.2 Å². The van der Waals surface area contributed by atoms with E-state index in [2.05, 4.69) is 37.8 Å². The van der Waals surface area contributed by atoms with Gasteiger partial charge in [-0.3, -0.25) is 9.69 Å². The third-order valence-corrected chi connectivity index (χ3v) is 10.3. The molecule has 1 aliphatic rings. The van der Waals surface area contributed by atoms with E-state index in [1.165, 1.54) is 22.0 Å². The van der Waals surface area contributed by atoms with Gasteiger partial charge in [0.25, 0.3) is 0 Å². The summed E-state index contributed by atoms with van der Waals surface area (Å²) in [5, 5.41) is 1.21. The Morgan fingerprint density at radius 3 is 2.35 bits per heavy atom.